The zero-order chi connectivity index (χ0) is 14.3. The summed E-state index contributed by atoms with van der Waals surface area (Å²) in [5.74, 6) is 0.647. The summed E-state index contributed by atoms with van der Waals surface area (Å²) in [6.07, 6.45) is 1.97. The largest absolute Gasteiger partial charge is 0.346 e. The van der Waals surface area contributed by atoms with Crippen LogP contribution in [0.5, 0.6) is 0 Å². The molecule has 1 atom stereocenters. The molecule has 3 heterocycles. The average Bonchev–Trinajstić information content (AvgIpc) is 2.91. The molecule has 6 heteroatoms. The second-order valence-corrected chi connectivity index (χ2v) is 6.23. The molecule has 3 aromatic heterocycles. The second-order valence-electron chi connectivity index (χ2n) is 4.99. The first-order chi connectivity index (χ1) is 9.52. The van der Waals surface area contributed by atoms with E-state index in [0.29, 0.717) is 5.95 Å². The molecule has 3 aromatic rings. The van der Waals surface area contributed by atoms with Crippen molar-refractivity contribution in [2.45, 2.75) is 33.7 Å². The summed E-state index contributed by atoms with van der Waals surface area (Å²) in [7, 11) is 0. The second kappa shape index (κ2) is 4.86. The van der Waals surface area contributed by atoms with Gasteiger partial charge in [-0.3, -0.25) is 0 Å². The van der Waals surface area contributed by atoms with Crippen LogP contribution in [0.3, 0.4) is 0 Å². The minimum atomic E-state index is 0.153. The standard InChI is InChI=1S/C14H17N5S/c1-8-5-6-12-17-14(18-19(12)7-8)16-10(3)13-9(2)15-11(4)20-13/h5-7,10H,1-4H3,(H,16,18). The van der Waals surface area contributed by atoms with E-state index in [1.807, 2.05) is 39.1 Å². The van der Waals surface area contributed by atoms with Crippen molar-refractivity contribution in [2.75, 3.05) is 5.32 Å². The summed E-state index contributed by atoms with van der Waals surface area (Å²) < 4.78 is 1.80. The quantitative estimate of drug-likeness (QED) is 0.803. The van der Waals surface area contributed by atoms with Crippen molar-refractivity contribution in [1.29, 1.82) is 0 Å². The van der Waals surface area contributed by atoms with Crippen LogP contribution >= 0.6 is 11.3 Å². The van der Waals surface area contributed by atoms with Crippen LogP contribution in [-0.4, -0.2) is 19.6 Å². The van der Waals surface area contributed by atoms with Gasteiger partial charge in [-0.15, -0.1) is 16.4 Å². The molecule has 0 aliphatic heterocycles. The van der Waals surface area contributed by atoms with E-state index in [1.54, 1.807) is 15.9 Å². The first-order valence-electron chi connectivity index (χ1n) is 6.56. The van der Waals surface area contributed by atoms with Crippen molar-refractivity contribution < 1.29 is 0 Å². The van der Waals surface area contributed by atoms with Crippen molar-refractivity contribution in [1.82, 2.24) is 19.6 Å². The Balaban J connectivity index is 1.87. The Morgan fingerprint density at radius 3 is 2.70 bits per heavy atom. The Morgan fingerprint density at radius 1 is 1.20 bits per heavy atom. The summed E-state index contributed by atoms with van der Waals surface area (Å²) in [5.41, 5.74) is 3.09. The van der Waals surface area contributed by atoms with E-state index < -0.39 is 0 Å². The molecule has 0 fully saturated rings. The highest BCUT2D eigenvalue weighted by molar-refractivity contribution is 7.11. The van der Waals surface area contributed by atoms with Gasteiger partial charge in [0.25, 0.3) is 0 Å². The van der Waals surface area contributed by atoms with Crippen LogP contribution in [0, 0.1) is 20.8 Å². The molecule has 1 N–H and O–H groups in total. The fourth-order valence-electron chi connectivity index (χ4n) is 2.26. The van der Waals surface area contributed by atoms with Crippen LogP contribution in [0.1, 0.15) is 34.1 Å². The van der Waals surface area contributed by atoms with Gasteiger partial charge in [0.05, 0.1) is 16.7 Å². The Morgan fingerprint density at radius 2 is 2.00 bits per heavy atom. The van der Waals surface area contributed by atoms with Crippen LogP contribution in [-0.2, 0) is 0 Å². The fraction of sp³-hybridized carbons (Fsp3) is 0.357. The number of nitrogens with one attached hydrogen (secondary N) is 1. The van der Waals surface area contributed by atoms with Gasteiger partial charge >= 0.3 is 0 Å². The maximum Gasteiger partial charge on any atom is 0.243 e. The number of nitrogens with zero attached hydrogens (tertiary/aromatic N) is 4. The van der Waals surface area contributed by atoms with Crippen molar-refractivity contribution >= 4 is 22.9 Å². The van der Waals surface area contributed by atoms with Crippen molar-refractivity contribution in [2.24, 2.45) is 0 Å². The molecule has 20 heavy (non-hydrogen) atoms. The molecular weight excluding hydrogens is 270 g/mol. The third-order valence-electron chi connectivity index (χ3n) is 3.16. The number of aryl methyl sites for hydroxylation is 3. The van der Waals surface area contributed by atoms with Gasteiger partial charge in [-0.2, -0.15) is 4.98 Å². The topological polar surface area (TPSA) is 55.1 Å². The smallest absolute Gasteiger partial charge is 0.243 e. The van der Waals surface area contributed by atoms with E-state index in [0.717, 1.165) is 21.9 Å². The summed E-state index contributed by atoms with van der Waals surface area (Å²) in [4.78, 5) is 10.2. The third kappa shape index (κ3) is 2.38. The van der Waals surface area contributed by atoms with E-state index in [4.69, 9.17) is 0 Å². The summed E-state index contributed by atoms with van der Waals surface area (Å²) in [6.45, 7) is 8.22. The molecule has 104 valence electrons. The van der Waals surface area contributed by atoms with Gasteiger partial charge in [-0.25, -0.2) is 9.50 Å². The van der Waals surface area contributed by atoms with E-state index >= 15 is 0 Å². The van der Waals surface area contributed by atoms with E-state index in [9.17, 15) is 0 Å². The molecule has 0 aliphatic rings. The highest BCUT2D eigenvalue weighted by atomic mass is 32.1. The molecule has 0 bridgehead atoms. The van der Waals surface area contributed by atoms with Crippen molar-refractivity contribution in [3.63, 3.8) is 0 Å². The molecule has 0 saturated carbocycles. The maximum atomic E-state index is 4.48. The minimum Gasteiger partial charge on any atom is -0.346 e. The van der Waals surface area contributed by atoms with Gasteiger partial charge in [0, 0.05) is 11.1 Å². The van der Waals surface area contributed by atoms with Gasteiger partial charge in [-0.05, 0) is 39.3 Å². The SMILES string of the molecule is Cc1ccc2nc(NC(C)c3sc(C)nc3C)nn2c1. The predicted octanol–water partition coefficient (Wildman–Crippen LogP) is 3.28. The maximum absolute atomic E-state index is 4.48. The zero-order valence-electron chi connectivity index (χ0n) is 12.0. The summed E-state index contributed by atoms with van der Waals surface area (Å²) >= 11 is 1.72. The lowest BCUT2D eigenvalue weighted by molar-refractivity contribution is 0.856. The number of aromatic nitrogens is 4. The fourth-order valence-corrected chi connectivity index (χ4v) is 3.18. The highest BCUT2D eigenvalue weighted by Gasteiger charge is 2.14. The van der Waals surface area contributed by atoms with Gasteiger partial charge in [0.2, 0.25) is 5.95 Å². The highest BCUT2D eigenvalue weighted by Crippen LogP contribution is 2.26. The Bertz CT molecular complexity index is 758. The van der Waals surface area contributed by atoms with Crippen LogP contribution < -0.4 is 5.32 Å². The zero-order valence-corrected chi connectivity index (χ0v) is 12.8. The van der Waals surface area contributed by atoms with E-state index in [2.05, 4.69) is 27.3 Å². The molecule has 1 unspecified atom stereocenters. The molecule has 3 rings (SSSR count). The lowest BCUT2D eigenvalue weighted by Crippen LogP contribution is -2.07. The number of anilines is 1. The molecular formula is C14H17N5S. The van der Waals surface area contributed by atoms with Gasteiger partial charge in [0.15, 0.2) is 5.65 Å². The van der Waals surface area contributed by atoms with Crippen molar-refractivity contribution in [3.8, 4) is 0 Å². The first-order valence-corrected chi connectivity index (χ1v) is 7.38. The normalized spacial score (nSPS) is 12.8. The molecule has 0 spiro atoms. The number of rotatable bonds is 3. The van der Waals surface area contributed by atoms with Crippen LogP contribution in [0.4, 0.5) is 5.95 Å². The molecule has 0 saturated heterocycles. The number of pyridine rings is 1. The van der Waals surface area contributed by atoms with Gasteiger partial charge < -0.3 is 5.32 Å². The van der Waals surface area contributed by atoms with E-state index in [-0.39, 0.29) is 6.04 Å². The van der Waals surface area contributed by atoms with Crippen LogP contribution in [0.2, 0.25) is 0 Å². The van der Waals surface area contributed by atoms with Gasteiger partial charge in [0.1, 0.15) is 0 Å². The third-order valence-corrected chi connectivity index (χ3v) is 4.41. The monoisotopic (exact) mass is 287 g/mol. The first kappa shape index (κ1) is 13.1. The molecule has 0 aromatic carbocycles. The average molecular weight is 287 g/mol. The number of hydrogen-bond acceptors (Lipinski definition) is 5. The Labute approximate surface area is 121 Å². The predicted molar refractivity (Wildman–Crippen MR) is 81.3 cm³/mol. The molecule has 0 aliphatic carbocycles. The molecule has 0 radical (unpaired) electrons. The lowest BCUT2D eigenvalue weighted by atomic mass is 10.2. The van der Waals surface area contributed by atoms with Crippen LogP contribution in [0.25, 0.3) is 5.65 Å². The molecule has 0 amide bonds. The Kier molecular flexibility index (Phi) is 3.17. The van der Waals surface area contributed by atoms with E-state index in [1.165, 1.54) is 4.88 Å². The summed E-state index contributed by atoms with van der Waals surface area (Å²) in [6, 6.07) is 4.16. The number of hydrogen-bond donors (Lipinski definition) is 1. The summed E-state index contributed by atoms with van der Waals surface area (Å²) in [5, 5.41) is 8.89. The number of fused-ring (bicyclic) bond motifs is 1. The van der Waals surface area contributed by atoms with Crippen molar-refractivity contribution in [3.05, 3.63) is 39.5 Å². The molecule has 5 nitrogen and oxygen atoms in total. The lowest BCUT2D eigenvalue weighted by Gasteiger charge is -2.10. The van der Waals surface area contributed by atoms with Crippen LogP contribution in [0.15, 0.2) is 18.3 Å². The minimum absolute atomic E-state index is 0.153. The Hall–Kier alpha value is -1.95. The number of thiazole rings is 1. The van der Waals surface area contributed by atoms with Gasteiger partial charge in [-0.1, -0.05) is 6.07 Å².